The third-order valence-corrected chi connectivity index (χ3v) is 6.25. The predicted octanol–water partition coefficient (Wildman–Crippen LogP) is 6.22. The average Bonchev–Trinajstić information content (AvgIpc) is 3.16. The molecule has 198 valence electrons. The Labute approximate surface area is 208 Å². The summed E-state index contributed by atoms with van der Waals surface area (Å²) in [6.07, 6.45) is 24.6. The summed E-state index contributed by atoms with van der Waals surface area (Å²) in [5.41, 5.74) is 0. The first-order valence-electron chi connectivity index (χ1n) is 14.0. The van der Waals surface area contributed by atoms with Crippen LogP contribution in [0.2, 0.25) is 0 Å². The van der Waals surface area contributed by atoms with Crippen molar-refractivity contribution in [3.63, 3.8) is 0 Å². The Hall–Kier alpha value is -1.24. The number of amides is 2. The fraction of sp³-hybridized carbons (Fsp3) is 0.857. The minimum absolute atomic E-state index is 0.272. The molecule has 6 heteroatoms. The van der Waals surface area contributed by atoms with Gasteiger partial charge in [0.15, 0.2) is 0 Å². The van der Waals surface area contributed by atoms with Crippen LogP contribution in [0.5, 0.6) is 0 Å². The van der Waals surface area contributed by atoms with E-state index in [1.165, 1.54) is 113 Å². The van der Waals surface area contributed by atoms with Gasteiger partial charge >= 0.3 is 0 Å². The van der Waals surface area contributed by atoms with E-state index in [4.69, 9.17) is 14.2 Å². The Balaban J connectivity index is 1.66. The highest BCUT2D eigenvalue weighted by Crippen LogP contribution is 2.13. The van der Waals surface area contributed by atoms with Crippen LogP contribution in [0.15, 0.2) is 12.2 Å². The van der Waals surface area contributed by atoms with Gasteiger partial charge in [-0.1, -0.05) is 103 Å². The molecule has 0 fully saturated rings. The minimum Gasteiger partial charge on any atom is -0.379 e. The fourth-order valence-corrected chi connectivity index (χ4v) is 4.10. The lowest BCUT2D eigenvalue weighted by atomic mass is 10.0. The maximum Gasteiger partial charge on any atom is 0.253 e. The quantitative estimate of drug-likeness (QED) is 0.108. The lowest BCUT2D eigenvalue weighted by Crippen LogP contribution is -2.33. The maximum absolute atomic E-state index is 11.4. The molecule has 0 saturated carbocycles. The summed E-state index contributed by atoms with van der Waals surface area (Å²) >= 11 is 0. The van der Waals surface area contributed by atoms with Crippen LogP contribution in [0.1, 0.15) is 110 Å². The van der Waals surface area contributed by atoms with Crippen LogP contribution < -0.4 is 0 Å². The molecule has 6 nitrogen and oxygen atoms in total. The minimum atomic E-state index is -0.272. The Bertz CT molecular complexity index is 505. The summed E-state index contributed by atoms with van der Waals surface area (Å²) in [6.45, 7) is 5.82. The molecule has 0 aromatic heterocycles. The molecule has 0 aliphatic carbocycles. The van der Waals surface area contributed by atoms with Gasteiger partial charge in [-0.05, 0) is 6.42 Å². The van der Waals surface area contributed by atoms with Crippen molar-refractivity contribution in [1.82, 2.24) is 4.90 Å². The van der Waals surface area contributed by atoms with E-state index in [-0.39, 0.29) is 18.4 Å². The molecule has 1 rings (SSSR count). The first-order chi connectivity index (χ1) is 16.8. The molecule has 1 heterocycles. The summed E-state index contributed by atoms with van der Waals surface area (Å²) in [4.78, 5) is 23.9. The Kier molecular flexibility index (Phi) is 21.3. The van der Waals surface area contributed by atoms with E-state index in [0.29, 0.717) is 33.0 Å². The number of nitrogens with zero attached hydrogens (tertiary/aromatic N) is 1. The van der Waals surface area contributed by atoms with E-state index in [1.807, 2.05) is 0 Å². The Morgan fingerprint density at radius 2 is 0.853 bits per heavy atom. The number of carbonyl (C=O) groups is 2. The van der Waals surface area contributed by atoms with E-state index in [9.17, 15) is 9.59 Å². The number of ether oxygens (including phenoxy) is 3. The summed E-state index contributed by atoms with van der Waals surface area (Å²) in [5, 5.41) is 0. The number of unbranched alkanes of at least 4 members (excludes halogenated alkanes) is 15. The van der Waals surface area contributed by atoms with Gasteiger partial charge in [0.05, 0.1) is 39.6 Å². The topological polar surface area (TPSA) is 65.1 Å². The molecule has 2 amide bonds. The number of hydrogen-bond donors (Lipinski definition) is 0. The van der Waals surface area contributed by atoms with Gasteiger partial charge in [-0.3, -0.25) is 14.5 Å². The predicted molar refractivity (Wildman–Crippen MR) is 138 cm³/mol. The van der Waals surface area contributed by atoms with Crippen LogP contribution in [-0.4, -0.2) is 62.9 Å². The molecule has 0 bridgehead atoms. The van der Waals surface area contributed by atoms with Crippen molar-refractivity contribution in [2.24, 2.45) is 0 Å². The zero-order valence-electron chi connectivity index (χ0n) is 21.9. The van der Waals surface area contributed by atoms with Gasteiger partial charge < -0.3 is 14.2 Å². The highest BCUT2D eigenvalue weighted by Gasteiger charge is 2.22. The van der Waals surface area contributed by atoms with Crippen molar-refractivity contribution in [2.75, 3.05) is 46.2 Å². The van der Waals surface area contributed by atoms with Crippen LogP contribution in [-0.2, 0) is 23.8 Å². The van der Waals surface area contributed by atoms with Crippen LogP contribution in [0, 0.1) is 0 Å². The third-order valence-electron chi connectivity index (χ3n) is 6.25. The van der Waals surface area contributed by atoms with E-state index >= 15 is 0 Å². The molecule has 34 heavy (non-hydrogen) atoms. The first-order valence-corrected chi connectivity index (χ1v) is 14.0. The van der Waals surface area contributed by atoms with Crippen molar-refractivity contribution in [3.05, 3.63) is 12.2 Å². The maximum atomic E-state index is 11.4. The molecular weight excluding hydrogens is 430 g/mol. The third kappa shape index (κ3) is 18.1. The van der Waals surface area contributed by atoms with E-state index in [0.717, 1.165) is 13.0 Å². The monoisotopic (exact) mass is 481 g/mol. The van der Waals surface area contributed by atoms with Gasteiger partial charge in [-0.2, -0.15) is 0 Å². The number of carbonyl (C=O) groups excluding carboxylic acids is 2. The average molecular weight is 482 g/mol. The van der Waals surface area contributed by atoms with Gasteiger partial charge in [0.1, 0.15) is 0 Å². The highest BCUT2D eigenvalue weighted by atomic mass is 16.5. The molecule has 0 N–H and O–H groups in total. The standard InChI is InChI=1S/C28H51NO5/c1-2-3-4-5-6-7-8-9-10-11-12-13-14-15-16-17-21-32-23-25-34-26-24-33-22-20-29-27(30)18-19-28(29)31/h18-19H,2-17,20-26H2,1H3. The largest absolute Gasteiger partial charge is 0.379 e. The first kappa shape index (κ1) is 30.8. The van der Waals surface area contributed by atoms with Crippen LogP contribution in [0.25, 0.3) is 0 Å². The summed E-state index contributed by atoms with van der Waals surface area (Å²) < 4.78 is 16.5. The zero-order valence-corrected chi connectivity index (χ0v) is 21.9. The van der Waals surface area contributed by atoms with Crippen molar-refractivity contribution in [3.8, 4) is 0 Å². The van der Waals surface area contributed by atoms with Crippen LogP contribution in [0.3, 0.4) is 0 Å². The highest BCUT2D eigenvalue weighted by molar-refractivity contribution is 6.12. The second-order valence-corrected chi connectivity index (χ2v) is 9.30. The molecule has 1 aliphatic heterocycles. The molecule has 0 spiro atoms. The van der Waals surface area contributed by atoms with Gasteiger partial charge in [0.25, 0.3) is 11.8 Å². The summed E-state index contributed by atoms with van der Waals surface area (Å²) in [6, 6.07) is 0. The SMILES string of the molecule is CCCCCCCCCCCCCCCCCCOCCOCCOCCN1C(=O)C=CC1=O. The molecule has 1 aliphatic rings. The van der Waals surface area contributed by atoms with Crippen molar-refractivity contribution in [2.45, 2.75) is 110 Å². The van der Waals surface area contributed by atoms with Gasteiger partial charge in [-0.25, -0.2) is 0 Å². The normalized spacial score (nSPS) is 13.5. The second kappa shape index (κ2) is 23.5. The van der Waals surface area contributed by atoms with Crippen molar-refractivity contribution in [1.29, 1.82) is 0 Å². The molecule has 0 unspecified atom stereocenters. The van der Waals surface area contributed by atoms with E-state index in [1.54, 1.807) is 0 Å². The van der Waals surface area contributed by atoms with Crippen molar-refractivity contribution >= 4 is 11.8 Å². The lowest BCUT2D eigenvalue weighted by molar-refractivity contribution is -0.137. The summed E-state index contributed by atoms with van der Waals surface area (Å²) in [5.74, 6) is -0.544. The van der Waals surface area contributed by atoms with Crippen LogP contribution in [0.4, 0.5) is 0 Å². The van der Waals surface area contributed by atoms with Gasteiger partial charge in [0, 0.05) is 18.8 Å². The van der Waals surface area contributed by atoms with E-state index in [2.05, 4.69) is 6.92 Å². The van der Waals surface area contributed by atoms with Gasteiger partial charge in [-0.15, -0.1) is 0 Å². The second-order valence-electron chi connectivity index (χ2n) is 9.30. The van der Waals surface area contributed by atoms with Crippen molar-refractivity contribution < 1.29 is 23.8 Å². The Morgan fingerprint density at radius 3 is 1.29 bits per heavy atom. The number of hydrogen-bond acceptors (Lipinski definition) is 5. The molecule has 0 aromatic rings. The molecule has 0 radical (unpaired) electrons. The molecule has 0 aromatic carbocycles. The van der Waals surface area contributed by atoms with E-state index < -0.39 is 0 Å². The zero-order chi connectivity index (χ0) is 24.5. The number of rotatable bonds is 26. The summed E-state index contributed by atoms with van der Waals surface area (Å²) in [7, 11) is 0. The smallest absolute Gasteiger partial charge is 0.253 e. The number of imide groups is 1. The Morgan fingerprint density at radius 1 is 0.500 bits per heavy atom. The fourth-order valence-electron chi connectivity index (χ4n) is 4.10. The molecule has 0 atom stereocenters. The van der Waals surface area contributed by atoms with Crippen LogP contribution >= 0.6 is 0 Å². The lowest BCUT2D eigenvalue weighted by Gasteiger charge is -2.13. The van der Waals surface area contributed by atoms with Gasteiger partial charge in [0.2, 0.25) is 0 Å². The molecular formula is C28H51NO5. The molecule has 0 saturated heterocycles.